The minimum Gasteiger partial charge on any atom is -0.376 e. The van der Waals surface area contributed by atoms with Gasteiger partial charge < -0.3 is 20.3 Å². The van der Waals surface area contributed by atoms with Gasteiger partial charge in [0.2, 0.25) is 17.7 Å². The van der Waals surface area contributed by atoms with Gasteiger partial charge in [-0.3, -0.25) is 14.4 Å². The molecule has 8 nitrogen and oxygen atoms in total. The zero-order chi connectivity index (χ0) is 22.8. The lowest BCUT2D eigenvalue weighted by atomic mass is 10.2. The number of hydrogen-bond donors (Lipinski definition) is 2. The zero-order valence-corrected chi connectivity index (χ0v) is 18.4. The van der Waals surface area contributed by atoms with Crippen LogP contribution in [0.5, 0.6) is 0 Å². The standard InChI is InChI=1S/C24H30N4O4/c1-18-11-12-25-21(14-18)27-22(29)9-10-24(31)28(16-20-8-5-13-32-20)17-23(30)26-15-19-6-3-2-4-7-19/h2-4,6-7,11-12,14,20H,5,8-10,13,15-17H2,1H3,(H,26,30)(H,25,27,29)/t20-/m1/s1. The molecule has 1 aliphatic heterocycles. The Hall–Kier alpha value is -3.26. The van der Waals surface area contributed by atoms with Crippen LogP contribution >= 0.6 is 0 Å². The van der Waals surface area contributed by atoms with Gasteiger partial charge in [-0.1, -0.05) is 30.3 Å². The molecule has 0 radical (unpaired) electrons. The van der Waals surface area contributed by atoms with E-state index < -0.39 is 0 Å². The van der Waals surface area contributed by atoms with Crippen molar-refractivity contribution in [1.82, 2.24) is 15.2 Å². The predicted molar refractivity (Wildman–Crippen MR) is 121 cm³/mol. The molecule has 3 amide bonds. The number of aryl methyl sites for hydroxylation is 1. The summed E-state index contributed by atoms with van der Waals surface area (Å²) in [5, 5.41) is 5.56. The summed E-state index contributed by atoms with van der Waals surface area (Å²) in [6.07, 6.45) is 3.37. The fourth-order valence-corrected chi connectivity index (χ4v) is 3.50. The fraction of sp³-hybridized carbons (Fsp3) is 0.417. The molecule has 8 heteroatoms. The monoisotopic (exact) mass is 438 g/mol. The quantitative estimate of drug-likeness (QED) is 0.593. The van der Waals surface area contributed by atoms with E-state index in [0.717, 1.165) is 24.0 Å². The number of carbonyl (C=O) groups excluding carboxylic acids is 3. The summed E-state index contributed by atoms with van der Waals surface area (Å²) >= 11 is 0. The van der Waals surface area contributed by atoms with Crippen LogP contribution < -0.4 is 10.6 Å². The Labute approximate surface area is 188 Å². The SMILES string of the molecule is Cc1ccnc(NC(=O)CCC(=O)N(CC(=O)NCc2ccccc2)C[C@H]2CCCO2)c1. The van der Waals surface area contributed by atoms with Crippen molar-refractivity contribution in [3.05, 3.63) is 59.8 Å². The minimum absolute atomic E-state index is 0.0103. The molecule has 0 unspecified atom stereocenters. The average molecular weight is 439 g/mol. The lowest BCUT2D eigenvalue weighted by Gasteiger charge is -2.25. The number of ether oxygens (including phenoxy) is 1. The first-order chi connectivity index (χ1) is 15.5. The van der Waals surface area contributed by atoms with Gasteiger partial charge in [0.05, 0.1) is 12.6 Å². The molecule has 1 aromatic carbocycles. The molecule has 0 spiro atoms. The van der Waals surface area contributed by atoms with Crippen LogP contribution in [-0.4, -0.2) is 53.4 Å². The van der Waals surface area contributed by atoms with E-state index in [0.29, 0.717) is 25.5 Å². The number of anilines is 1. The van der Waals surface area contributed by atoms with Crippen molar-refractivity contribution >= 4 is 23.5 Å². The molecule has 1 fully saturated rings. The van der Waals surface area contributed by atoms with E-state index in [1.807, 2.05) is 43.3 Å². The Kier molecular flexibility index (Phi) is 8.74. The topological polar surface area (TPSA) is 101 Å². The van der Waals surface area contributed by atoms with E-state index in [9.17, 15) is 14.4 Å². The third-order valence-corrected chi connectivity index (χ3v) is 5.22. The second-order valence-corrected chi connectivity index (χ2v) is 7.94. The number of pyridine rings is 1. The van der Waals surface area contributed by atoms with Crippen molar-refractivity contribution in [3.63, 3.8) is 0 Å². The van der Waals surface area contributed by atoms with Crippen molar-refractivity contribution in [3.8, 4) is 0 Å². The normalized spacial score (nSPS) is 15.2. The second kappa shape index (κ2) is 12.0. The van der Waals surface area contributed by atoms with E-state index in [1.165, 1.54) is 4.90 Å². The summed E-state index contributed by atoms with van der Waals surface area (Å²) in [5.74, 6) is -0.322. The number of aromatic nitrogens is 1. The number of hydrogen-bond acceptors (Lipinski definition) is 5. The van der Waals surface area contributed by atoms with Gasteiger partial charge in [-0.25, -0.2) is 4.98 Å². The molecule has 2 aromatic rings. The van der Waals surface area contributed by atoms with Crippen LogP contribution in [0.15, 0.2) is 48.7 Å². The van der Waals surface area contributed by atoms with Gasteiger partial charge in [0.25, 0.3) is 0 Å². The Morgan fingerprint density at radius 1 is 1.12 bits per heavy atom. The van der Waals surface area contributed by atoms with E-state index >= 15 is 0 Å². The average Bonchev–Trinajstić information content (AvgIpc) is 3.29. The van der Waals surface area contributed by atoms with E-state index in [4.69, 9.17) is 4.74 Å². The van der Waals surface area contributed by atoms with Crippen molar-refractivity contribution in [2.24, 2.45) is 0 Å². The van der Waals surface area contributed by atoms with E-state index in [2.05, 4.69) is 15.6 Å². The Morgan fingerprint density at radius 3 is 2.66 bits per heavy atom. The maximum absolute atomic E-state index is 12.8. The summed E-state index contributed by atoms with van der Waals surface area (Å²) in [6.45, 7) is 3.25. The van der Waals surface area contributed by atoms with Crippen LogP contribution in [0, 0.1) is 6.92 Å². The lowest BCUT2D eigenvalue weighted by molar-refractivity contribution is -0.138. The van der Waals surface area contributed by atoms with Gasteiger partial charge in [-0.05, 0) is 43.0 Å². The molecule has 170 valence electrons. The summed E-state index contributed by atoms with van der Waals surface area (Å²) in [4.78, 5) is 43.2. The predicted octanol–water partition coefficient (Wildman–Crippen LogP) is 2.43. The molecule has 1 aliphatic rings. The molecule has 3 rings (SSSR count). The third kappa shape index (κ3) is 7.77. The van der Waals surface area contributed by atoms with Gasteiger partial charge in [-0.15, -0.1) is 0 Å². The first-order valence-corrected chi connectivity index (χ1v) is 10.9. The number of nitrogens with one attached hydrogen (secondary N) is 2. The summed E-state index contributed by atoms with van der Waals surface area (Å²) in [5.41, 5.74) is 1.97. The van der Waals surface area contributed by atoms with Crippen LogP contribution in [0.2, 0.25) is 0 Å². The summed E-state index contributed by atoms with van der Waals surface area (Å²) in [6, 6.07) is 13.2. The molecule has 0 aliphatic carbocycles. The Morgan fingerprint density at radius 2 is 1.94 bits per heavy atom. The highest BCUT2D eigenvalue weighted by molar-refractivity contribution is 5.93. The van der Waals surface area contributed by atoms with Crippen LogP contribution in [-0.2, 0) is 25.7 Å². The molecule has 32 heavy (non-hydrogen) atoms. The van der Waals surface area contributed by atoms with Gasteiger partial charge in [0, 0.05) is 38.7 Å². The minimum atomic E-state index is -0.290. The largest absolute Gasteiger partial charge is 0.376 e. The highest BCUT2D eigenvalue weighted by Gasteiger charge is 2.24. The van der Waals surface area contributed by atoms with Crippen molar-refractivity contribution in [2.45, 2.75) is 45.3 Å². The van der Waals surface area contributed by atoms with Crippen molar-refractivity contribution < 1.29 is 19.1 Å². The number of benzene rings is 1. The smallest absolute Gasteiger partial charge is 0.239 e. The molecule has 1 atom stereocenters. The Balaban J connectivity index is 1.51. The maximum atomic E-state index is 12.8. The first kappa shape index (κ1) is 23.4. The summed E-state index contributed by atoms with van der Waals surface area (Å²) < 4.78 is 5.65. The van der Waals surface area contributed by atoms with Crippen molar-refractivity contribution in [2.75, 3.05) is 25.0 Å². The van der Waals surface area contributed by atoms with Crippen LogP contribution in [0.1, 0.15) is 36.8 Å². The number of nitrogens with zero attached hydrogens (tertiary/aromatic N) is 2. The van der Waals surface area contributed by atoms with Crippen LogP contribution in [0.3, 0.4) is 0 Å². The van der Waals surface area contributed by atoms with Gasteiger partial charge >= 0.3 is 0 Å². The first-order valence-electron chi connectivity index (χ1n) is 10.9. The van der Waals surface area contributed by atoms with Crippen LogP contribution in [0.4, 0.5) is 5.82 Å². The Bertz CT molecular complexity index is 913. The highest BCUT2D eigenvalue weighted by Crippen LogP contribution is 2.14. The molecular weight excluding hydrogens is 408 g/mol. The third-order valence-electron chi connectivity index (χ3n) is 5.22. The highest BCUT2D eigenvalue weighted by atomic mass is 16.5. The van der Waals surface area contributed by atoms with Gasteiger partial charge in [-0.2, -0.15) is 0 Å². The van der Waals surface area contributed by atoms with Gasteiger partial charge in [0.15, 0.2) is 0 Å². The van der Waals surface area contributed by atoms with Gasteiger partial charge in [0.1, 0.15) is 5.82 Å². The molecule has 0 saturated carbocycles. The lowest BCUT2D eigenvalue weighted by Crippen LogP contribution is -2.44. The molecule has 2 N–H and O–H groups in total. The zero-order valence-electron chi connectivity index (χ0n) is 18.4. The summed E-state index contributed by atoms with van der Waals surface area (Å²) in [7, 11) is 0. The maximum Gasteiger partial charge on any atom is 0.239 e. The second-order valence-electron chi connectivity index (χ2n) is 7.94. The molecular formula is C24H30N4O4. The van der Waals surface area contributed by atoms with Crippen LogP contribution in [0.25, 0.3) is 0 Å². The number of rotatable bonds is 10. The number of amides is 3. The van der Waals surface area contributed by atoms with Crippen molar-refractivity contribution in [1.29, 1.82) is 0 Å². The van der Waals surface area contributed by atoms with E-state index in [1.54, 1.807) is 12.3 Å². The molecule has 0 bridgehead atoms. The molecule has 1 aromatic heterocycles. The fourth-order valence-electron chi connectivity index (χ4n) is 3.50. The van der Waals surface area contributed by atoms with E-state index in [-0.39, 0.29) is 43.2 Å². The molecule has 2 heterocycles. The number of carbonyl (C=O) groups is 3. The molecule has 1 saturated heterocycles.